The molecule has 0 radical (unpaired) electrons. The summed E-state index contributed by atoms with van der Waals surface area (Å²) >= 11 is 0. The maximum absolute atomic E-state index is 16.3. The molecule has 0 amide bonds. The number of alkyl halides is 8. The Kier molecular flexibility index (Phi) is 8.03. The van der Waals surface area contributed by atoms with Crippen LogP contribution in [-0.2, 0) is 14.3 Å². The van der Waals surface area contributed by atoms with Crippen molar-refractivity contribution < 1.29 is 54.5 Å². The zero-order valence-corrected chi connectivity index (χ0v) is 21.3. The zero-order valence-electron chi connectivity index (χ0n) is 21.3. The summed E-state index contributed by atoms with van der Waals surface area (Å²) in [4.78, 5) is 13.2. The molecule has 0 spiro atoms. The van der Waals surface area contributed by atoms with Crippen molar-refractivity contribution in [1.82, 2.24) is 0 Å². The quantitative estimate of drug-likeness (QED) is 0.284. The summed E-state index contributed by atoms with van der Waals surface area (Å²) in [6.07, 6.45) is -12.4. The average molecular weight is 553 g/mol. The molecule has 0 bridgehead atoms. The minimum Gasteiger partial charge on any atom is -0.452 e. The van der Waals surface area contributed by atoms with Crippen LogP contribution in [0.2, 0.25) is 0 Å². The van der Waals surface area contributed by atoms with E-state index in [9.17, 15) is 36.2 Å². The van der Waals surface area contributed by atoms with Gasteiger partial charge in [-0.2, -0.15) is 35.1 Å². The van der Waals surface area contributed by atoms with Crippen LogP contribution < -0.4 is 0 Å². The maximum atomic E-state index is 16.3. The Labute approximate surface area is 211 Å². The number of esters is 1. The summed E-state index contributed by atoms with van der Waals surface area (Å²) < 4.78 is 130. The lowest BCUT2D eigenvalue weighted by molar-refractivity contribution is -0.529. The SMILES string of the molecule is CCC(C)(C)C(=O)OC1(C2CCCCC2)CC(C2CCCCC2)(C(F)(F)F)OC(O)(C(F)(F)F)C1(F)F. The van der Waals surface area contributed by atoms with Crippen LogP contribution in [0.5, 0.6) is 0 Å². The smallest absolute Gasteiger partial charge is 0.449 e. The standard InChI is InChI=1S/C25H36F8O4/c1-4-19(2,3)18(34)36-20(16-11-7-5-8-12-16)15-21(24(28,29)30,17-13-9-6-10-14-17)37-23(35,22(20,26)27)25(31,32)33/h16-17,35H,4-15H2,1-3H3. The molecule has 3 unspecified atom stereocenters. The highest BCUT2D eigenvalue weighted by molar-refractivity contribution is 5.76. The molecule has 1 N–H and O–H groups in total. The molecule has 0 aromatic rings. The molecule has 0 aromatic heterocycles. The van der Waals surface area contributed by atoms with Crippen molar-refractivity contribution in [3.05, 3.63) is 0 Å². The topological polar surface area (TPSA) is 55.8 Å². The van der Waals surface area contributed by atoms with Crippen molar-refractivity contribution in [3.8, 4) is 0 Å². The molecule has 37 heavy (non-hydrogen) atoms. The van der Waals surface area contributed by atoms with Crippen molar-refractivity contribution in [1.29, 1.82) is 0 Å². The second-order valence-electron chi connectivity index (χ2n) is 11.6. The fourth-order valence-corrected chi connectivity index (χ4v) is 6.17. The van der Waals surface area contributed by atoms with Gasteiger partial charge in [0.25, 0.3) is 0 Å². The molecule has 12 heteroatoms. The second-order valence-corrected chi connectivity index (χ2v) is 11.6. The van der Waals surface area contributed by atoms with Gasteiger partial charge in [0.15, 0.2) is 11.2 Å². The zero-order chi connectivity index (χ0) is 28.1. The van der Waals surface area contributed by atoms with E-state index in [2.05, 4.69) is 4.74 Å². The number of halogens is 8. The van der Waals surface area contributed by atoms with Gasteiger partial charge in [0.05, 0.1) is 5.41 Å². The number of rotatable bonds is 5. The first-order valence-corrected chi connectivity index (χ1v) is 13.0. The number of carbonyl (C=O) groups is 1. The summed E-state index contributed by atoms with van der Waals surface area (Å²) in [5.41, 5.74) is -8.86. The molecule has 3 fully saturated rings. The van der Waals surface area contributed by atoms with E-state index >= 15 is 8.78 Å². The normalized spacial score (nSPS) is 34.8. The number of ether oxygens (including phenoxy) is 2. The second kappa shape index (κ2) is 9.78. The van der Waals surface area contributed by atoms with Gasteiger partial charge in [-0.3, -0.25) is 4.79 Å². The molecule has 1 heterocycles. The van der Waals surface area contributed by atoms with E-state index in [1.807, 2.05) is 0 Å². The lowest BCUT2D eigenvalue weighted by Gasteiger charge is -2.61. The van der Waals surface area contributed by atoms with Crippen molar-refractivity contribution in [2.45, 2.75) is 133 Å². The Morgan fingerprint density at radius 2 is 1.32 bits per heavy atom. The van der Waals surface area contributed by atoms with E-state index in [0.717, 1.165) is 0 Å². The summed E-state index contributed by atoms with van der Waals surface area (Å²) in [6.45, 7) is 4.15. The monoisotopic (exact) mass is 552 g/mol. The third-order valence-corrected chi connectivity index (χ3v) is 8.92. The van der Waals surface area contributed by atoms with Crippen LogP contribution >= 0.6 is 0 Å². The van der Waals surface area contributed by atoms with Gasteiger partial charge in [-0.05, 0) is 51.9 Å². The van der Waals surface area contributed by atoms with Crippen LogP contribution in [0.25, 0.3) is 0 Å². The van der Waals surface area contributed by atoms with Gasteiger partial charge in [-0.15, -0.1) is 0 Å². The van der Waals surface area contributed by atoms with Crippen molar-refractivity contribution >= 4 is 5.97 Å². The molecule has 2 aliphatic carbocycles. The molecular weight excluding hydrogens is 516 g/mol. The highest BCUT2D eigenvalue weighted by atomic mass is 19.4. The van der Waals surface area contributed by atoms with Crippen molar-refractivity contribution in [2.24, 2.45) is 17.3 Å². The summed E-state index contributed by atoms with van der Waals surface area (Å²) in [5, 5.41) is 10.6. The molecule has 4 nitrogen and oxygen atoms in total. The number of hydrogen-bond donors (Lipinski definition) is 1. The predicted molar refractivity (Wildman–Crippen MR) is 116 cm³/mol. The van der Waals surface area contributed by atoms with Crippen molar-refractivity contribution in [2.75, 3.05) is 0 Å². The summed E-state index contributed by atoms with van der Waals surface area (Å²) in [5.74, 6) is -15.5. The third-order valence-electron chi connectivity index (χ3n) is 8.92. The van der Waals surface area contributed by atoms with Crippen LogP contribution in [-0.4, -0.2) is 46.3 Å². The van der Waals surface area contributed by atoms with Crippen LogP contribution in [0.15, 0.2) is 0 Å². The fourth-order valence-electron chi connectivity index (χ4n) is 6.17. The molecule has 3 aliphatic rings. The van der Waals surface area contributed by atoms with Gasteiger partial charge in [-0.25, -0.2) is 0 Å². The predicted octanol–water partition coefficient (Wildman–Crippen LogP) is 7.47. The molecule has 3 rings (SSSR count). The third kappa shape index (κ3) is 4.76. The van der Waals surface area contributed by atoms with Crippen LogP contribution in [0.4, 0.5) is 35.1 Å². The van der Waals surface area contributed by atoms with E-state index < -0.39 is 64.9 Å². The van der Waals surface area contributed by atoms with Gasteiger partial charge in [0.1, 0.15) is 0 Å². The van der Waals surface area contributed by atoms with Gasteiger partial charge in [-0.1, -0.05) is 45.4 Å². The number of aliphatic hydroxyl groups is 1. The molecule has 0 aromatic carbocycles. The Morgan fingerprint density at radius 1 is 0.865 bits per heavy atom. The van der Waals surface area contributed by atoms with Crippen LogP contribution in [0, 0.1) is 17.3 Å². The van der Waals surface area contributed by atoms with E-state index in [-0.39, 0.29) is 57.8 Å². The highest BCUT2D eigenvalue weighted by Gasteiger charge is 2.88. The number of carbonyl (C=O) groups excluding carboxylic acids is 1. The van der Waals surface area contributed by atoms with Crippen LogP contribution in [0.3, 0.4) is 0 Å². The Bertz CT molecular complexity index is 830. The maximum Gasteiger partial charge on any atom is 0.449 e. The Morgan fingerprint density at radius 3 is 1.73 bits per heavy atom. The van der Waals surface area contributed by atoms with E-state index in [1.165, 1.54) is 20.8 Å². The molecule has 2 saturated carbocycles. The molecule has 1 saturated heterocycles. The van der Waals surface area contributed by atoms with Gasteiger partial charge in [0, 0.05) is 12.3 Å². The molecule has 1 aliphatic heterocycles. The first-order chi connectivity index (χ1) is 16.8. The first-order valence-electron chi connectivity index (χ1n) is 13.0. The minimum atomic E-state index is -6.32. The lowest BCUT2D eigenvalue weighted by Crippen LogP contribution is -2.82. The van der Waals surface area contributed by atoms with E-state index in [1.54, 1.807) is 0 Å². The highest BCUT2D eigenvalue weighted by Crippen LogP contribution is 2.66. The summed E-state index contributed by atoms with van der Waals surface area (Å²) in [6, 6.07) is 0. The lowest BCUT2D eigenvalue weighted by atomic mass is 9.60. The number of hydrogen-bond acceptors (Lipinski definition) is 4. The van der Waals surface area contributed by atoms with E-state index in [4.69, 9.17) is 4.74 Å². The minimum absolute atomic E-state index is 0.0330. The molecular formula is C25H36F8O4. The summed E-state index contributed by atoms with van der Waals surface area (Å²) in [7, 11) is 0. The average Bonchev–Trinajstić information content (AvgIpc) is 2.81. The van der Waals surface area contributed by atoms with Gasteiger partial charge < -0.3 is 14.6 Å². The van der Waals surface area contributed by atoms with E-state index in [0.29, 0.717) is 12.8 Å². The Balaban J connectivity index is 2.35. The van der Waals surface area contributed by atoms with Crippen molar-refractivity contribution in [3.63, 3.8) is 0 Å². The molecule has 216 valence electrons. The first kappa shape index (κ1) is 30.4. The molecule has 3 atom stereocenters. The van der Waals surface area contributed by atoms with Gasteiger partial charge in [0.2, 0.25) is 0 Å². The Hall–Kier alpha value is -1.17. The fraction of sp³-hybridized carbons (Fsp3) is 0.960. The van der Waals surface area contributed by atoms with Gasteiger partial charge >= 0.3 is 30.0 Å². The largest absolute Gasteiger partial charge is 0.452 e. The van der Waals surface area contributed by atoms with Crippen LogP contribution in [0.1, 0.15) is 97.8 Å².